The van der Waals surface area contributed by atoms with E-state index >= 15 is 0 Å². The first-order valence-corrected chi connectivity index (χ1v) is 5.98. The number of anilines is 2. The molecule has 0 aliphatic rings. The Bertz CT molecular complexity index is 762. The summed E-state index contributed by atoms with van der Waals surface area (Å²) in [5.74, 6) is 0.714. The molecule has 0 saturated heterocycles. The van der Waals surface area contributed by atoms with E-state index in [0.717, 1.165) is 5.69 Å². The highest BCUT2D eigenvalue weighted by Gasteiger charge is 2.16. The maximum atomic E-state index is 6.10. The Balaban J connectivity index is 2.31. The third-order valence-electron chi connectivity index (χ3n) is 2.90. The van der Waals surface area contributed by atoms with Crippen LogP contribution in [0.3, 0.4) is 0 Å². The number of hydrogen-bond acceptors (Lipinski definition) is 5. The van der Waals surface area contributed by atoms with Crippen LogP contribution in [0, 0.1) is 6.92 Å². The quantitative estimate of drug-likeness (QED) is 0.707. The summed E-state index contributed by atoms with van der Waals surface area (Å²) in [4.78, 5) is 0. The molecule has 0 aliphatic carbocycles. The number of nitrogens with two attached hydrogens (primary N) is 2. The number of benzene rings is 1. The summed E-state index contributed by atoms with van der Waals surface area (Å²) in [6.07, 6.45) is 0. The van der Waals surface area contributed by atoms with E-state index in [1.807, 2.05) is 19.1 Å². The van der Waals surface area contributed by atoms with Crippen molar-refractivity contribution < 1.29 is 0 Å². The first-order valence-electron chi connectivity index (χ1n) is 5.61. The van der Waals surface area contributed by atoms with E-state index in [1.54, 1.807) is 16.8 Å². The van der Waals surface area contributed by atoms with Crippen LogP contribution in [0.5, 0.6) is 0 Å². The lowest BCUT2D eigenvalue weighted by molar-refractivity contribution is 0.901. The number of rotatable bonds is 1. The predicted octanol–water partition coefficient (Wildman–Crippen LogP) is 1.94. The molecule has 0 saturated carbocycles. The van der Waals surface area contributed by atoms with Crippen molar-refractivity contribution in [3.63, 3.8) is 0 Å². The van der Waals surface area contributed by atoms with E-state index in [2.05, 4.69) is 15.3 Å². The van der Waals surface area contributed by atoms with Gasteiger partial charge in [-0.3, -0.25) is 0 Å². The number of aromatic nitrogens is 4. The molecule has 1 aromatic carbocycles. The largest absolute Gasteiger partial charge is 0.383 e. The number of halogens is 1. The van der Waals surface area contributed by atoms with Gasteiger partial charge in [-0.2, -0.15) is 10.2 Å². The molecule has 0 radical (unpaired) electrons. The standard InChI is InChI=1S/C12H11ClN6/c1-6-10-9(11(14)17-16-6)12(15)19(18-10)8-4-2-7(13)3-5-8/h2-5H,15H2,1H3,(H2,14,17). The maximum absolute atomic E-state index is 6.10. The Morgan fingerprint density at radius 1 is 1.11 bits per heavy atom. The topological polar surface area (TPSA) is 95.6 Å². The van der Waals surface area contributed by atoms with Gasteiger partial charge in [0.05, 0.1) is 16.8 Å². The summed E-state index contributed by atoms with van der Waals surface area (Å²) in [6, 6.07) is 7.21. The average Bonchev–Trinajstić information content (AvgIpc) is 2.74. The molecule has 0 amide bonds. The zero-order valence-electron chi connectivity index (χ0n) is 10.1. The average molecular weight is 275 g/mol. The molecule has 4 N–H and O–H groups in total. The summed E-state index contributed by atoms with van der Waals surface area (Å²) >= 11 is 5.87. The second kappa shape index (κ2) is 4.10. The van der Waals surface area contributed by atoms with Crippen LogP contribution in [0.4, 0.5) is 11.6 Å². The molecule has 0 atom stereocenters. The Hall–Kier alpha value is -2.34. The first kappa shape index (κ1) is 11.7. The van der Waals surface area contributed by atoms with Crippen LogP contribution < -0.4 is 11.5 Å². The van der Waals surface area contributed by atoms with Gasteiger partial charge in [-0.1, -0.05) is 11.6 Å². The predicted molar refractivity (Wildman–Crippen MR) is 75.2 cm³/mol. The molecule has 0 aliphatic heterocycles. The van der Waals surface area contributed by atoms with Gasteiger partial charge in [0.15, 0.2) is 5.82 Å². The van der Waals surface area contributed by atoms with Gasteiger partial charge in [0, 0.05) is 5.02 Å². The molecule has 3 aromatic rings. The zero-order valence-corrected chi connectivity index (χ0v) is 10.9. The van der Waals surface area contributed by atoms with Crippen molar-refractivity contribution in [2.75, 3.05) is 11.5 Å². The van der Waals surface area contributed by atoms with Gasteiger partial charge in [0.2, 0.25) is 0 Å². The Morgan fingerprint density at radius 3 is 2.42 bits per heavy atom. The van der Waals surface area contributed by atoms with Crippen LogP contribution in [0.25, 0.3) is 16.6 Å². The molecule has 96 valence electrons. The molecule has 0 bridgehead atoms. The van der Waals surface area contributed by atoms with Gasteiger partial charge in [0.1, 0.15) is 11.3 Å². The lowest BCUT2D eigenvalue weighted by atomic mass is 10.2. The molecule has 2 aromatic heterocycles. The van der Waals surface area contributed by atoms with Gasteiger partial charge in [-0.25, -0.2) is 4.68 Å². The summed E-state index contributed by atoms with van der Waals surface area (Å²) < 4.78 is 1.60. The normalized spacial score (nSPS) is 11.1. The second-order valence-corrected chi connectivity index (χ2v) is 4.60. The van der Waals surface area contributed by atoms with Gasteiger partial charge >= 0.3 is 0 Å². The fourth-order valence-electron chi connectivity index (χ4n) is 1.94. The Kier molecular flexibility index (Phi) is 2.53. The van der Waals surface area contributed by atoms with E-state index in [-0.39, 0.29) is 5.82 Å². The van der Waals surface area contributed by atoms with Gasteiger partial charge in [-0.15, -0.1) is 5.10 Å². The van der Waals surface area contributed by atoms with Crippen molar-refractivity contribution in [3.8, 4) is 5.69 Å². The SMILES string of the molecule is Cc1nnc(N)c2c(N)n(-c3ccc(Cl)cc3)nc12. The minimum atomic E-state index is 0.276. The molecule has 0 spiro atoms. The van der Waals surface area contributed by atoms with E-state index in [4.69, 9.17) is 23.1 Å². The molecule has 7 heteroatoms. The summed E-state index contributed by atoms with van der Waals surface area (Å²) in [7, 11) is 0. The molecule has 6 nitrogen and oxygen atoms in total. The summed E-state index contributed by atoms with van der Waals surface area (Å²) in [6.45, 7) is 1.81. The van der Waals surface area contributed by atoms with E-state index in [0.29, 0.717) is 27.4 Å². The van der Waals surface area contributed by atoms with Crippen molar-refractivity contribution >= 4 is 34.1 Å². The van der Waals surface area contributed by atoms with Crippen LogP contribution >= 0.6 is 11.6 Å². The minimum absolute atomic E-state index is 0.276. The van der Waals surface area contributed by atoms with Crippen LogP contribution in [-0.2, 0) is 0 Å². The lowest BCUT2D eigenvalue weighted by Gasteiger charge is -2.03. The van der Waals surface area contributed by atoms with Gasteiger partial charge in [-0.05, 0) is 31.2 Å². The monoisotopic (exact) mass is 274 g/mol. The fraction of sp³-hybridized carbons (Fsp3) is 0.0833. The number of nitrogen functional groups attached to an aromatic ring is 2. The fourth-order valence-corrected chi connectivity index (χ4v) is 2.07. The van der Waals surface area contributed by atoms with Gasteiger partial charge in [0.25, 0.3) is 0 Å². The molecular weight excluding hydrogens is 264 g/mol. The molecule has 2 heterocycles. The lowest BCUT2D eigenvalue weighted by Crippen LogP contribution is -2.02. The van der Waals surface area contributed by atoms with Crippen molar-refractivity contribution in [1.82, 2.24) is 20.0 Å². The highest BCUT2D eigenvalue weighted by atomic mass is 35.5. The third kappa shape index (κ3) is 1.77. The maximum Gasteiger partial charge on any atom is 0.159 e. The third-order valence-corrected chi connectivity index (χ3v) is 3.15. The molecule has 3 rings (SSSR count). The number of hydrogen-bond donors (Lipinski definition) is 2. The second-order valence-electron chi connectivity index (χ2n) is 4.17. The Morgan fingerprint density at radius 2 is 1.79 bits per heavy atom. The van der Waals surface area contributed by atoms with E-state index in [1.165, 1.54) is 0 Å². The molecule has 0 fully saturated rings. The van der Waals surface area contributed by atoms with Crippen LogP contribution in [0.2, 0.25) is 5.02 Å². The van der Waals surface area contributed by atoms with Crippen molar-refractivity contribution in [2.45, 2.75) is 6.92 Å². The van der Waals surface area contributed by atoms with E-state index < -0.39 is 0 Å². The van der Waals surface area contributed by atoms with E-state index in [9.17, 15) is 0 Å². The van der Waals surface area contributed by atoms with Crippen LogP contribution in [-0.4, -0.2) is 20.0 Å². The van der Waals surface area contributed by atoms with Crippen molar-refractivity contribution in [3.05, 3.63) is 35.0 Å². The Labute approximate surface area is 114 Å². The molecular formula is C12H11ClN6. The number of aryl methyl sites for hydroxylation is 1. The number of fused-ring (bicyclic) bond motifs is 1. The number of nitrogens with zero attached hydrogens (tertiary/aromatic N) is 4. The van der Waals surface area contributed by atoms with Crippen LogP contribution in [0.15, 0.2) is 24.3 Å². The van der Waals surface area contributed by atoms with Crippen LogP contribution in [0.1, 0.15) is 5.69 Å². The molecule has 19 heavy (non-hydrogen) atoms. The minimum Gasteiger partial charge on any atom is -0.383 e. The summed E-state index contributed by atoms with van der Waals surface area (Å²) in [5.41, 5.74) is 14.1. The highest BCUT2D eigenvalue weighted by Crippen LogP contribution is 2.28. The smallest absolute Gasteiger partial charge is 0.159 e. The first-order chi connectivity index (χ1) is 9.08. The zero-order chi connectivity index (χ0) is 13.6. The van der Waals surface area contributed by atoms with Crippen molar-refractivity contribution in [1.29, 1.82) is 0 Å². The molecule has 0 unspecified atom stereocenters. The summed E-state index contributed by atoms with van der Waals surface area (Å²) in [5, 5.41) is 13.5. The highest BCUT2D eigenvalue weighted by molar-refractivity contribution is 6.30. The van der Waals surface area contributed by atoms with Crippen molar-refractivity contribution in [2.24, 2.45) is 0 Å². The van der Waals surface area contributed by atoms with Gasteiger partial charge < -0.3 is 11.5 Å².